The van der Waals surface area contributed by atoms with Gasteiger partial charge in [0.05, 0.1) is 52.1 Å². The smallest absolute Gasteiger partial charge is 0.333 e. The van der Waals surface area contributed by atoms with Crippen LogP contribution in [0.4, 0.5) is 11.5 Å². The molecule has 4 aromatic heterocycles. The van der Waals surface area contributed by atoms with Crippen LogP contribution in [0.5, 0.6) is 0 Å². The first-order valence-electron chi connectivity index (χ1n) is 12.6. The number of benzene rings is 1. The highest BCUT2D eigenvalue weighted by molar-refractivity contribution is 6.04. The minimum atomic E-state index is -0.139. The highest BCUT2D eigenvalue weighted by Crippen LogP contribution is 2.32. The van der Waals surface area contributed by atoms with Gasteiger partial charge in [-0.1, -0.05) is 6.07 Å². The number of imidazole rings is 1. The number of hydrogen-bond acceptors (Lipinski definition) is 7. The van der Waals surface area contributed by atoms with Gasteiger partial charge >= 0.3 is 5.69 Å². The third kappa shape index (κ3) is 3.74. The van der Waals surface area contributed by atoms with Crippen LogP contribution >= 0.6 is 0 Å². The molecule has 9 heteroatoms. The SMILES string of the molecule is CCNc1cc(-c2ccc3ncc4c(c3c2)n(-c2ccc(N3CCC3)nc2C)c(=O)n4C)cnc1CO. The normalized spacial score (nSPS) is 13.4. The number of aliphatic hydroxyl groups excluding tert-OH is 1. The summed E-state index contributed by atoms with van der Waals surface area (Å²) >= 11 is 0. The van der Waals surface area contributed by atoms with Gasteiger partial charge in [-0.05, 0) is 56.2 Å². The summed E-state index contributed by atoms with van der Waals surface area (Å²) in [7, 11) is 1.77. The zero-order valence-corrected chi connectivity index (χ0v) is 21.2. The average Bonchev–Trinajstić information content (AvgIpc) is 3.13. The van der Waals surface area contributed by atoms with E-state index >= 15 is 0 Å². The van der Waals surface area contributed by atoms with E-state index in [2.05, 4.69) is 26.3 Å². The Morgan fingerprint density at radius 3 is 2.59 bits per heavy atom. The number of fused-ring (bicyclic) bond motifs is 3. The van der Waals surface area contributed by atoms with Crippen LogP contribution in [-0.2, 0) is 13.7 Å². The molecule has 0 spiro atoms. The fourth-order valence-electron chi connectivity index (χ4n) is 5.02. The first kappa shape index (κ1) is 23.2. The van der Waals surface area contributed by atoms with E-state index in [1.165, 1.54) is 6.42 Å². The summed E-state index contributed by atoms with van der Waals surface area (Å²) in [5.41, 5.74) is 7.05. The summed E-state index contributed by atoms with van der Waals surface area (Å²) in [4.78, 5) is 29.7. The molecular weight excluding hydrogens is 466 g/mol. The van der Waals surface area contributed by atoms with E-state index < -0.39 is 0 Å². The molecule has 0 atom stereocenters. The van der Waals surface area contributed by atoms with Crippen molar-refractivity contribution in [2.45, 2.75) is 26.9 Å². The Morgan fingerprint density at radius 2 is 1.89 bits per heavy atom. The Kier molecular flexibility index (Phi) is 5.64. The summed E-state index contributed by atoms with van der Waals surface area (Å²) in [6, 6.07) is 12.0. The van der Waals surface area contributed by atoms with Crippen LogP contribution in [0.15, 0.2) is 53.6 Å². The van der Waals surface area contributed by atoms with Crippen LogP contribution in [0.3, 0.4) is 0 Å². The van der Waals surface area contributed by atoms with Gasteiger partial charge in [-0.25, -0.2) is 9.78 Å². The van der Waals surface area contributed by atoms with Crippen molar-refractivity contribution in [2.24, 2.45) is 7.05 Å². The Bertz CT molecular complexity index is 1720. The maximum Gasteiger partial charge on any atom is 0.333 e. The van der Waals surface area contributed by atoms with Gasteiger partial charge in [0.25, 0.3) is 0 Å². The standard InChI is InChI=1S/C28H29N7O2/c1-4-29-22-13-19(14-30-23(22)16-36)18-6-7-21-20(12-18)27-25(15-31-21)33(3)28(37)35(27)24-8-9-26(32-17(24)2)34-10-5-11-34/h6-9,12-15,29,36H,4-5,10-11,16H2,1-3H3. The lowest BCUT2D eigenvalue weighted by atomic mass is 10.0. The highest BCUT2D eigenvalue weighted by Gasteiger charge is 2.21. The molecule has 5 aromatic rings. The van der Waals surface area contributed by atoms with Crippen LogP contribution in [0.2, 0.25) is 0 Å². The van der Waals surface area contributed by atoms with Gasteiger partial charge in [-0.3, -0.25) is 19.1 Å². The topological polar surface area (TPSA) is 101 Å². The number of nitrogens with one attached hydrogen (secondary N) is 1. The van der Waals surface area contributed by atoms with Gasteiger partial charge in [0, 0.05) is 43.8 Å². The maximum absolute atomic E-state index is 13.5. The van der Waals surface area contributed by atoms with Crippen LogP contribution in [-0.4, -0.2) is 48.8 Å². The van der Waals surface area contributed by atoms with Crippen molar-refractivity contribution in [1.82, 2.24) is 24.1 Å². The summed E-state index contributed by atoms with van der Waals surface area (Å²) in [5, 5.41) is 13.8. The van der Waals surface area contributed by atoms with E-state index in [9.17, 15) is 9.90 Å². The molecule has 1 aromatic carbocycles. The fourth-order valence-corrected chi connectivity index (χ4v) is 5.02. The number of nitrogens with zero attached hydrogens (tertiary/aromatic N) is 6. The first-order chi connectivity index (χ1) is 18.0. The summed E-state index contributed by atoms with van der Waals surface area (Å²) in [6.45, 7) is 6.58. The fraction of sp³-hybridized carbons (Fsp3) is 0.286. The Labute approximate surface area is 214 Å². The van der Waals surface area contributed by atoms with Crippen LogP contribution in [0.1, 0.15) is 24.7 Å². The molecule has 2 N–H and O–H groups in total. The van der Waals surface area contributed by atoms with Crippen LogP contribution < -0.4 is 15.9 Å². The molecule has 6 rings (SSSR count). The van der Waals surface area contributed by atoms with E-state index in [1.807, 2.05) is 44.2 Å². The predicted octanol–water partition coefficient (Wildman–Crippen LogP) is 3.78. The van der Waals surface area contributed by atoms with E-state index in [4.69, 9.17) is 4.98 Å². The minimum absolute atomic E-state index is 0.134. The molecule has 0 radical (unpaired) electrons. The third-order valence-electron chi connectivity index (χ3n) is 7.17. The molecule has 0 saturated carbocycles. The van der Waals surface area contributed by atoms with Crippen molar-refractivity contribution in [3.63, 3.8) is 0 Å². The molecule has 37 heavy (non-hydrogen) atoms. The predicted molar refractivity (Wildman–Crippen MR) is 146 cm³/mol. The highest BCUT2D eigenvalue weighted by atomic mass is 16.3. The molecule has 0 aliphatic carbocycles. The molecule has 1 aliphatic rings. The molecule has 0 unspecified atom stereocenters. The van der Waals surface area contributed by atoms with E-state index in [-0.39, 0.29) is 12.3 Å². The first-order valence-corrected chi connectivity index (χ1v) is 12.6. The van der Waals surface area contributed by atoms with Gasteiger partial charge in [0.2, 0.25) is 0 Å². The zero-order valence-electron chi connectivity index (χ0n) is 21.2. The largest absolute Gasteiger partial charge is 0.390 e. The van der Waals surface area contributed by atoms with E-state index in [0.717, 1.165) is 75.6 Å². The number of aryl methyl sites for hydroxylation is 2. The van der Waals surface area contributed by atoms with E-state index in [0.29, 0.717) is 5.69 Å². The second kappa shape index (κ2) is 9.01. The number of pyridine rings is 3. The molecule has 5 heterocycles. The summed E-state index contributed by atoms with van der Waals surface area (Å²) in [5.74, 6) is 0.949. The van der Waals surface area contributed by atoms with Gasteiger partial charge < -0.3 is 15.3 Å². The van der Waals surface area contributed by atoms with Crippen molar-refractivity contribution in [1.29, 1.82) is 0 Å². The number of rotatable bonds is 6. The zero-order chi connectivity index (χ0) is 25.7. The lowest BCUT2D eigenvalue weighted by Gasteiger charge is -2.32. The number of aliphatic hydroxyl groups is 1. The molecule has 0 amide bonds. The van der Waals surface area contributed by atoms with Crippen LogP contribution in [0, 0.1) is 6.92 Å². The lowest BCUT2D eigenvalue weighted by Crippen LogP contribution is -2.37. The molecule has 9 nitrogen and oxygen atoms in total. The summed E-state index contributed by atoms with van der Waals surface area (Å²) < 4.78 is 3.39. The third-order valence-corrected chi connectivity index (χ3v) is 7.17. The monoisotopic (exact) mass is 495 g/mol. The molecule has 188 valence electrons. The van der Waals surface area contributed by atoms with Crippen molar-refractivity contribution in [3.05, 3.63) is 70.7 Å². The second-order valence-electron chi connectivity index (χ2n) is 9.42. The Hall–Kier alpha value is -4.24. The molecule has 0 bridgehead atoms. The average molecular weight is 496 g/mol. The minimum Gasteiger partial charge on any atom is -0.390 e. The molecular formula is C28H29N7O2. The van der Waals surface area contributed by atoms with Crippen LogP contribution in [0.25, 0.3) is 38.8 Å². The Morgan fingerprint density at radius 1 is 1.05 bits per heavy atom. The van der Waals surface area contributed by atoms with Gasteiger partial charge in [0.15, 0.2) is 0 Å². The molecule has 1 saturated heterocycles. The van der Waals surface area contributed by atoms with Gasteiger partial charge in [-0.15, -0.1) is 0 Å². The van der Waals surface area contributed by atoms with Crippen molar-refractivity contribution < 1.29 is 5.11 Å². The number of hydrogen-bond donors (Lipinski definition) is 2. The van der Waals surface area contributed by atoms with Crippen molar-refractivity contribution in [3.8, 4) is 16.8 Å². The number of aromatic nitrogens is 5. The quantitative estimate of drug-likeness (QED) is 0.370. The van der Waals surface area contributed by atoms with E-state index in [1.54, 1.807) is 28.6 Å². The van der Waals surface area contributed by atoms with Crippen molar-refractivity contribution in [2.75, 3.05) is 29.9 Å². The summed E-state index contributed by atoms with van der Waals surface area (Å²) in [6.07, 6.45) is 4.70. The van der Waals surface area contributed by atoms with Gasteiger partial charge in [0.1, 0.15) is 5.82 Å². The van der Waals surface area contributed by atoms with Gasteiger partial charge in [-0.2, -0.15) is 0 Å². The lowest BCUT2D eigenvalue weighted by molar-refractivity contribution is 0.277. The molecule has 1 aliphatic heterocycles. The Balaban J connectivity index is 1.57. The van der Waals surface area contributed by atoms with Crippen molar-refractivity contribution >= 4 is 33.4 Å². The maximum atomic E-state index is 13.5. The second-order valence-corrected chi connectivity index (χ2v) is 9.42. The molecule has 1 fully saturated rings. The number of anilines is 2.